The fraction of sp³-hybridized carbons (Fsp3) is 0.286. The van der Waals surface area contributed by atoms with Crippen molar-refractivity contribution in [1.82, 2.24) is 4.98 Å². The summed E-state index contributed by atoms with van der Waals surface area (Å²) < 4.78 is 5.45. The molecule has 1 N–H and O–H groups in total. The van der Waals surface area contributed by atoms with E-state index < -0.39 is 5.97 Å². The number of ether oxygens (including phenoxy) is 1. The number of nitrogens with zero attached hydrogens (tertiary/aromatic N) is 1. The Morgan fingerprint density at radius 2 is 2.21 bits per heavy atom. The summed E-state index contributed by atoms with van der Waals surface area (Å²) in [7, 11) is 0. The maximum atomic E-state index is 10.7. The van der Waals surface area contributed by atoms with Crippen LogP contribution in [0.3, 0.4) is 0 Å². The Balaban J connectivity index is 2.43. The molecule has 2 rings (SSSR count). The summed E-state index contributed by atoms with van der Waals surface area (Å²) in [6.45, 7) is 4.44. The molecule has 0 saturated carbocycles. The minimum Gasteiger partial charge on any atom is -0.494 e. The van der Waals surface area contributed by atoms with Crippen LogP contribution in [0.2, 0.25) is 0 Å². The molecule has 2 aromatic rings. The number of aliphatic carboxylic acids is 1. The smallest absolute Gasteiger partial charge is 0.313 e. The maximum absolute atomic E-state index is 10.7. The number of fused-ring (bicyclic) bond motifs is 1. The molecule has 0 amide bonds. The van der Waals surface area contributed by atoms with E-state index in [4.69, 9.17) is 9.84 Å². The Labute approximate surface area is 115 Å². The number of aromatic nitrogens is 1. The maximum Gasteiger partial charge on any atom is 0.313 e. The molecular formula is C14H15NO3S. The number of thioether (sulfide) groups is 1. The van der Waals surface area contributed by atoms with Gasteiger partial charge in [-0.3, -0.25) is 9.78 Å². The van der Waals surface area contributed by atoms with E-state index in [-0.39, 0.29) is 5.75 Å². The van der Waals surface area contributed by atoms with Crippen LogP contribution in [0.1, 0.15) is 12.6 Å². The molecule has 0 fully saturated rings. The summed E-state index contributed by atoms with van der Waals surface area (Å²) in [6.07, 6.45) is 0. The standard InChI is InChI=1S/C14H15NO3S/c1-3-18-10-4-5-11-12(7-10)15-9(2)6-13(11)19-8-14(16)17/h4-7H,3,8H2,1-2H3,(H,16,17). The molecule has 1 aromatic carbocycles. The average molecular weight is 277 g/mol. The summed E-state index contributed by atoms with van der Waals surface area (Å²) >= 11 is 1.31. The highest BCUT2D eigenvalue weighted by molar-refractivity contribution is 8.00. The number of aryl methyl sites for hydroxylation is 1. The van der Waals surface area contributed by atoms with Crippen molar-refractivity contribution >= 4 is 28.6 Å². The number of hydrogen-bond acceptors (Lipinski definition) is 4. The largest absolute Gasteiger partial charge is 0.494 e. The van der Waals surface area contributed by atoms with Gasteiger partial charge in [-0.2, -0.15) is 0 Å². The molecule has 4 nitrogen and oxygen atoms in total. The van der Waals surface area contributed by atoms with Crippen molar-refractivity contribution in [2.75, 3.05) is 12.4 Å². The van der Waals surface area contributed by atoms with Crippen molar-refractivity contribution in [2.24, 2.45) is 0 Å². The third-order valence-corrected chi connectivity index (χ3v) is 3.57. The first-order chi connectivity index (χ1) is 9.10. The minimum atomic E-state index is -0.821. The number of rotatable bonds is 5. The lowest BCUT2D eigenvalue weighted by Gasteiger charge is -2.08. The fourth-order valence-electron chi connectivity index (χ4n) is 1.82. The lowest BCUT2D eigenvalue weighted by atomic mass is 10.2. The summed E-state index contributed by atoms with van der Waals surface area (Å²) in [4.78, 5) is 16.1. The quantitative estimate of drug-likeness (QED) is 0.851. The number of carboxylic acids is 1. The zero-order valence-corrected chi connectivity index (χ0v) is 11.7. The van der Waals surface area contributed by atoms with Crippen LogP contribution in [0.5, 0.6) is 5.75 Å². The van der Waals surface area contributed by atoms with Crippen LogP contribution in [-0.4, -0.2) is 28.4 Å². The highest BCUT2D eigenvalue weighted by Crippen LogP contribution is 2.30. The van der Waals surface area contributed by atoms with Crippen LogP contribution in [0.4, 0.5) is 0 Å². The SMILES string of the molecule is CCOc1ccc2c(SCC(=O)O)cc(C)nc2c1. The highest BCUT2D eigenvalue weighted by atomic mass is 32.2. The Hall–Kier alpha value is -1.75. The number of benzene rings is 1. The van der Waals surface area contributed by atoms with E-state index in [0.29, 0.717) is 6.61 Å². The third kappa shape index (κ3) is 3.38. The van der Waals surface area contributed by atoms with E-state index in [0.717, 1.165) is 27.2 Å². The highest BCUT2D eigenvalue weighted by Gasteiger charge is 2.08. The van der Waals surface area contributed by atoms with Gasteiger partial charge >= 0.3 is 5.97 Å². The molecule has 1 heterocycles. The lowest BCUT2D eigenvalue weighted by Crippen LogP contribution is -1.98. The molecule has 19 heavy (non-hydrogen) atoms. The van der Waals surface area contributed by atoms with E-state index >= 15 is 0 Å². The fourth-order valence-corrected chi connectivity index (χ4v) is 2.68. The van der Waals surface area contributed by atoms with E-state index in [1.165, 1.54) is 11.8 Å². The van der Waals surface area contributed by atoms with Gasteiger partial charge in [0.15, 0.2) is 0 Å². The molecule has 0 unspecified atom stereocenters. The first-order valence-electron chi connectivity index (χ1n) is 5.99. The monoisotopic (exact) mass is 277 g/mol. The van der Waals surface area contributed by atoms with Crippen molar-refractivity contribution in [2.45, 2.75) is 18.7 Å². The minimum absolute atomic E-state index is 0.0474. The molecular weight excluding hydrogens is 262 g/mol. The van der Waals surface area contributed by atoms with E-state index in [2.05, 4.69) is 4.98 Å². The van der Waals surface area contributed by atoms with E-state index in [1.54, 1.807) is 0 Å². The lowest BCUT2D eigenvalue weighted by molar-refractivity contribution is -0.133. The second kappa shape index (κ2) is 5.93. The third-order valence-electron chi connectivity index (χ3n) is 2.53. The summed E-state index contributed by atoms with van der Waals surface area (Å²) in [5.74, 6) is 0.00649. The molecule has 0 radical (unpaired) electrons. The Kier molecular flexibility index (Phi) is 4.27. The molecule has 0 aliphatic carbocycles. The van der Waals surface area contributed by atoms with Gasteiger partial charge < -0.3 is 9.84 Å². The molecule has 0 aliphatic rings. The average Bonchev–Trinajstić information content (AvgIpc) is 2.35. The zero-order valence-electron chi connectivity index (χ0n) is 10.8. The van der Waals surface area contributed by atoms with Crippen LogP contribution >= 0.6 is 11.8 Å². The molecule has 100 valence electrons. The van der Waals surface area contributed by atoms with Crippen LogP contribution in [0.15, 0.2) is 29.2 Å². The van der Waals surface area contributed by atoms with Gasteiger partial charge in [-0.15, -0.1) is 11.8 Å². The molecule has 1 aromatic heterocycles. The topological polar surface area (TPSA) is 59.4 Å². The number of pyridine rings is 1. The van der Waals surface area contributed by atoms with E-state index in [1.807, 2.05) is 38.1 Å². The predicted molar refractivity (Wildman–Crippen MR) is 76.0 cm³/mol. The van der Waals surface area contributed by atoms with Gasteiger partial charge in [0.1, 0.15) is 5.75 Å². The van der Waals surface area contributed by atoms with Gasteiger partial charge in [0.25, 0.3) is 0 Å². The normalized spacial score (nSPS) is 10.6. The zero-order chi connectivity index (χ0) is 13.8. The first-order valence-corrected chi connectivity index (χ1v) is 6.97. The molecule has 5 heteroatoms. The second-order valence-corrected chi connectivity index (χ2v) is 5.07. The Bertz CT molecular complexity index is 613. The van der Waals surface area contributed by atoms with Gasteiger partial charge in [-0.1, -0.05) is 0 Å². The number of carboxylic acid groups (broad SMARTS) is 1. The van der Waals surface area contributed by atoms with Gasteiger partial charge in [0.05, 0.1) is 17.9 Å². The molecule has 0 aliphatic heterocycles. The molecule has 0 bridgehead atoms. The Morgan fingerprint density at radius 3 is 2.89 bits per heavy atom. The van der Waals surface area contributed by atoms with Crippen LogP contribution in [0.25, 0.3) is 10.9 Å². The van der Waals surface area contributed by atoms with Crippen LogP contribution in [-0.2, 0) is 4.79 Å². The van der Waals surface area contributed by atoms with Crippen molar-refractivity contribution in [3.8, 4) is 5.75 Å². The predicted octanol–water partition coefficient (Wildman–Crippen LogP) is 3.12. The van der Waals surface area contributed by atoms with Gasteiger partial charge in [0.2, 0.25) is 0 Å². The summed E-state index contributed by atoms with van der Waals surface area (Å²) in [6, 6.07) is 7.61. The van der Waals surface area contributed by atoms with Crippen LogP contribution in [0, 0.1) is 6.92 Å². The van der Waals surface area contributed by atoms with Gasteiger partial charge in [0, 0.05) is 22.0 Å². The molecule has 0 atom stereocenters. The second-order valence-electron chi connectivity index (χ2n) is 4.06. The van der Waals surface area contributed by atoms with Gasteiger partial charge in [-0.25, -0.2) is 0 Å². The van der Waals surface area contributed by atoms with E-state index in [9.17, 15) is 4.79 Å². The first kappa shape index (κ1) is 13.7. The van der Waals surface area contributed by atoms with Crippen molar-refractivity contribution in [3.63, 3.8) is 0 Å². The van der Waals surface area contributed by atoms with Crippen molar-refractivity contribution < 1.29 is 14.6 Å². The van der Waals surface area contributed by atoms with Crippen LogP contribution < -0.4 is 4.74 Å². The Morgan fingerprint density at radius 1 is 1.42 bits per heavy atom. The molecule has 0 saturated heterocycles. The van der Waals surface area contributed by atoms with Gasteiger partial charge in [-0.05, 0) is 32.0 Å². The van der Waals surface area contributed by atoms with Crippen molar-refractivity contribution in [3.05, 3.63) is 30.0 Å². The van der Waals surface area contributed by atoms with Crippen molar-refractivity contribution in [1.29, 1.82) is 0 Å². The summed E-state index contributed by atoms with van der Waals surface area (Å²) in [5.41, 5.74) is 1.70. The summed E-state index contributed by atoms with van der Waals surface area (Å²) in [5, 5.41) is 9.73. The number of carbonyl (C=O) groups is 1. The number of hydrogen-bond donors (Lipinski definition) is 1. The molecule has 0 spiro atoms.